The molecule has 11 heavy (non-hydrogen) atoms. The third-order valence-corrected chi connectivity index (χ3v) is 6.85. The van der Waals surface area contributed by atoms with E-state index in [9.17, 15) is 4.21 Å². The Labute approximate surface area is 87.5 Å². The smallest absolute Gasteiger partial charge is 0.0697 e. The van der Waals surface area contributed by atoms with Gasteiger partial charge in [-0.2, -0.15) is 0 Å². The van der Waals surface area contributed by atoms with Crippen LogP contribution in [-0.2, 0) is 10.8 Å². The van der Waals surface area contributed by atoms with Crippen molar-refractivity contribution in [3.63, 3.8) is 0 Å². The van der Waals surface area contributed by atoms with Gasteiger partial charge >= 0.3 is 0 Å². The highest BCUT2D eigenvalue weighted by molar-refractivity contribution is 8.78. The predicted octanol–water partition coefficient (Wildman–Crippen LogP) is 2.72. The van der Waals surface area contributed by atoms with E-state index in [1.165, 1.54) is 0 Å². The van der Waals surface area contributed by atoms with Crippen LogP contribution < -0.4 is 0 Å². The van der Waals surface area contributed by atoms with E-state index in [-0.39, 0.29) is 0 Å². The second-order valence-electron chi connectivity index (χ2n) is 1.62. The van der Waals surface area contributed by atoms with Crippen molar-refractivity contribution < 1.29 is 4.21 Å². The lowest BCUT2D eigenvalue weighted by Crippen LogP contribution is -1.88. The zero-order valence-electron chi connectivity index (χ0n) is 6.57. The first-order valence-electron chi connectivity index (χ1n) is 2.88. The summed E-state index contributed by atoms with van der Waals surface area (Å²) in [4.78, 5) is 0. The Balaban J connectivity index is 2.85. The molecular weight excluding hydrogens is 236 g/mol. The van der Waals surface area contributed by atoms with Gasteiger partial charge in [0.2, 0.25) is 0 Å². The van der Waals surface area contributed by atoms with Crippen LogP contribution in [0.4, 0.5) is 0 Å². The van der Waals surface area contributed by atoms with Gasteiger partial charge in [0, 0.05) is 22.1 Å². The van der Waals surface area contributed by atoms with Gasteiger partial charge in [0.15, 0.2) is 0 Å². The molecule has 0 amide bonds. The van der Waals surface area contributed by atoms with Crippen LogP contribution in [0.25, 0.3) is 0 Å². The Hall–Kier alpha value is 1.55. The first kappa shape index (κ1) is 12.6. The molecule has 1 atom stereocenters. The summed E-state index contributed by atoms with van der Waals surface area (Å²) in [6.45, 7) is 0. The molecule has 1 unspecified atom stereocenters. The zero-order valence-corrected chi connectivity index (χ0v) is 10.7. The summed E-state index contributed by atoms with van der Waals surface area (Å²) < 4.78 is 10.6. The summed E-state index contributed by atoms with van der Waals surface area (Å²) in [5, 5.41) is 2.97. The van der Waals surface area contributed by atoms with Gasteiger partial charge in [0.1, 0.15) is 0 Å². The Morgan fingerprint density at radius 1 is 1.27 bits per heavy atom. The molecule has 1 nitrogen and oxygen atoms in total. The minimum absolute atomic E-state index is 0.635. The van der Waals surface area contributed by atoms with Crippen molar-refractivity contribution in [3.8, 4) is 0 Å². The Bertz CT molecular complexity index is 107. The Kier molecular flexibility index (Phi) is 11.0. The fourth-order valence-corrected chi connectivity index (χ4v) is 5.64. The molecule has 68 valence electrons. The molecule has 0 aromatic carbocycles. The van der Waals surface area contributed by atoms with Crippen molar-refractivity contribution in [2.24, 2.45) is 0 Å². The zero-order chi connectivity index (χ0) is 8.53. The van der Waals surface area contributed by atoms with Crippen molar-refractivity contribution in [1.82, 2.24) is 0 Å². The third-order valence-electron chi connectivity index (χ3n) is 0.665. The number of rotatable bonds is 7. The molecule has 0 saturated heterocycles. The van der Waals surface area contributed by atoms with Crippen LogP contribution in [0.3, 0.4) is 0 Å². The molecule has 0 aliphatic carbocycles. The summed E-state index contributed by atoms with van der Waals surface area (Å²) >= 11 is 3.64. The molecule has 0 spiro atoms. The van der Waals surface area contributed by atoms with E-state index >= 15 is 0 Å². The molecular formula is C5H12OS5. The quantitative estimate of drug-likeness (QED) is 0.390. The van der Waals surface area contributed by atoms with Gasteiger partial charge < -0.3 is 0 Å². The Morgan fingerprint density at radius 2 is 2.00 bits per heavy atom. The van der Waals surface area contributed by atoms with E-state index in [4.69, 9.17) is 0 Å². The first-order chi connectivity index (χ1) is 5.27. The minimum Gasteiger partial charge on any atom is -0.259 e. The van der Waals surface area contributed by atoms with Crippen LogP contribution >= 0.6 is 45.1 Å². The highest BCUT2D eigenvalue weighted by Crippen LogP contribution is 2.24. The fourth-order valence-electron chi connectivity index (χ4n) is 0.326. The molecule has 0 aliphatic rings. The van der Waals surface area contributed by atoms with Gasteiger partial charge in [-0.05, 0) is 6.26 Å². The van der Waals surface area contributed by atoms with Crippen LogP contribution in [0.15, 0.2) is 0 Å². The molecule has 0 N–H and O–H groups in total. The molecule has 0 aliphatic heterocycles. The van der Waals surface area contributed by atoms with E-state index in [0.29, 0.717) is 0 Å². The summed E-state index contributed by atoms with van der Waals surface area (Å²) in [5.74, 6) is 0. The SMILES string of the molecule is CSSCSCSCS(C)=O. The number of thioether (sulfide) groups is 2. The van der Waals surface area contributed by atoms with Crippen LogP contribution in [0, 0.1) is 0 Å². The van der Waals surface area contributed by atoms with E-state index in [1.807, 2.05) is 22.6 Å². The average Bonchev–Trinajstić information content (AvgIpc) is 1.96. The van der Waals surface area contributed by atoms with E-state index in [1.54, 1.807) is 28.8 Å². The minimum atomic E-state index is -0.635. The molecule has 0 fully saturated rings. The molecule has 0 bridgehead atoms. The number of hydrogen-bond donors (Lipinski definition) is 0. The van der Waals surface area contributed by atoms with Crippen molar-refractivity contribution in [3.05, 3.63) is 0 Å². The topological polar surface area (TPSA) is 17.1 Å². The van der Waals surface area contributed by atoms with Gasteiger partial charge in [-0.1, -0.05) is 21.6 Å². The van der Waals surface area contributed by atoms with Crippen molar-refractivity contribution >= 4 is 55.9 Å². The normalized spacial score (nSPS) is 13.3. The molecule has 0 rings (SSSR count). The second kappa shape index (κ2) is 9.64. The first-order valence-corrected chi connectivity index (χ1v) is 9.65. The Morgan fingerprint density at radius 3 is 2.55 bits per heavy atom. The molecule has 0 radical (unpaired) electrons. The maximum atomic E-state index is 10.6. The molecule has 6 heteroatoms. The van der Waals surface area contributed by atoms with Crippen molar-refractivity contribution in [2.45, 2.75) is 0 Å². The second-order valence-corrected chi connectivity index (χ2v) is 8.69. The lowest BCUT2D eigenvalue weighted by Gasteiger charge is -1.97. The van der Waals surface area contributed by atoms with E-state index < -0.39 is 10.8 Å². The lowest BCUT2D eigenvalue weighted by molar-refractivity contribution is 0.689. The summed E-state index contributed by atoms with van der Waals surface area (Å²) in [5.41, 5.74) is 0. The van der Waals surface area contributed by atoms with Gasteiger partial charge in [-0.25, -0.2) is 0 Å². The summed E-state index contributed by atoms with van der Waals surface area (Å²) in [7, 11) is 3.01. The molecule has 0 heterocycles. The van der Waals surface area contributed by atoms with Gasteiger partial charge in [-0.15, -0.1) is 23.5 Å². The highest BCUT2D eigenvalue weighted by Gasteiger charge is 1.92. The van der Waals surface area contributed by atoms with E-state index in [2.05, 4.69) is 6.26 Å². The monoisotopic (exact) mass is 248 g/mol. The average molecular weight is 248 g/mol. The van der Waals surface area contributed by atoms with Crippen molar-refractivity contribution in [2.75, 3.05) is 27.8 Å². The number of hydrogen-bond acceptors (Lipinski definition) is 5. The maximum absolute atomic E-state index is 10.6. The highest BCUT2D eigenvalue weighted by atomic mass is 33.1. The van der Waals surface area contributed by atoms with Gasteiger partial charge in [0.05, 0.1) is 10.2 Å². The maximum Gasteiger partial charge on any atom is 0.0697 e. The third kappa shape index (κ3) is 11.5. The van der Waals surface area contributed by atoms with Crippen LogP contribution in [-0.4, -0.2) is 32.0 Å². The van der Waals surface area contributed by atoms with Crippen molar-refractivity contribution in [1.29, 1.82) is 0 Å². The van der Waals surface area contributed by atoms with Gasteiger partial charge in [0.25, 0.3) is 0 Å². The molecule has 0 aromatic heterocycles. The fraction of sp³-hybridized carbons (Fsp3) is 1.00. The standard InChI is InChI=1S/C5H12OS5/c1-7-10-4-8-3-9-5-11(2)6/h3-5H2,1-2H3. The predicted molar refractivity (Wildman–Crippen MR) is 65.0 cm³/mol. The van der Waals surface area contributed by atoms with E-state index in [0.717, 1.165) is 15.3 Å². The lowest BCUT2D eigenvalue weighted by atomic mass is 11.8. The van der Waals surface area contributed by atoms with Crippen LogP contribution in [0.2, 0.25) is 0 Å². The summed E-state index contributed by atoms with van der Waals surface area (Å²) in [6, 6.07) is 0. The molecule has 0 saturated carbocycles. The van der Waals surface area contributed by atoms with Crippen LogP contribution in [0.5, 0.6) is 0 Å². The largest absolute Gasteiger partial charge is 0.259 e. The van der Waals surface area contributed by atoms with Crippen LogP contribution in [0.1, 0.15) is 0 Å². The summed E-state index contributed by atoms with van der Waals surface area (Å²) in [6.07, 6.45) is 3.83. The molecule has 0 aromatic rings. The van der Waals surface area contributed by atoms with Gasteiger partial charge in [-0.3, -0.25) is 4.21 Å².